The van der Waals surface area contributed by atoms with Gasteiger partial charge in [0.25, 0.3) is 5.91 Å². The van der Waals surface area contributed by atoms with E-state index in [1.165, 1.54) is 0 Å². The first-order valence-electron chi connectivity index (χ1n) is 9.49. The number of anilines is 1. The highest BCUT2D eigenvalue weighted by atomic mass is 16.5. The molecule has 3 nitrogen and oxygen atoms in total. The van der Waals surface area contributed by atoms with Gasteiger partial charge >= 0.3 is 0 Å². The number of ether oxygens (including phenoxy) is 1. The van der Waals surface area contributed by atoms with Crippen LogP contribution in [0.2, 0.25) is 0 Å². The second-order valence-electron chi connectivity index (χ2n) is 6.79. The number of amides is 1. The number of nitrogens with one attached hydrogen (secondary N) is 1. The van der Waals surface area contributed by atoms with Gasteiger partial charge in [0.15, 0.2) is 0 Å². The lowest BCUT2D eigenvalue weighted by Crippen LogP contribution is -2.12. The molecule has 4 aromatic rings. The SMILES string of the molecule is Cc1ccc(Oc2ccccc2)cc1NC(=O)c1cccc(-c2ccccc2)c1. The Hall–Kier alpha value is -3.85. The van der Waals surface area contributed by atoms with Crippen LogP contribution in [0.5, 0.6) is 11.5 Å². The summed E-state index contributed by atoms with van der Waals surface area (Å²) in [5.41, 5.74) is 4.40. The van der Waals surface area contributed by atoms with Crippen molar-refractivity contribution >= 4 is 11.6 Å². The summed E-state index contributed by atoms with van der Waals surface area (Å²) < 4.78 is 5.89. The molecule has 29 heavy (non-hydrogen) atoms. The summed E-state index contributed by atoms with van der Waals surface area (Å²) in [5, 5.41) is 3.01. The van der Waals surface area contributed by atoms with Crippen molar-refractivity contribution in [1.82, 2.24) is 0 Å². The minimum Gasteiger partial charge on any atom is -0.457 e. The van der Waals surface area contributed by atoms with E-state index in [1.807, 2.05) is 110 Å². The first-order valence-corrected chi connectivity index (χ1v) is 9.49. The molecule has 0 saturated carbocycles. The van der Waals surface area contributed by atoms with Crippen LogP contribution in [-0.2, 0) is 0 Å². The zero-order chi connectivity index (χ0) is 20.1. The average molecular weight is 379 g/mol. The maximum absolute atomic E-state index is 12.9. The molecule has 0 saturated heterocycles. The van der Waals surface area contributed by atoms with Gasteiger partial charge in [0, 0.05) is 17.3 Å². The monoisotopic (exact) mass is 379 g/mol. The van der Waals surface area contributed by atoms with Crippen LogP contribution in [0.4, 0.5) is 5.69 Å². The molecule has 142 valence electrons. The second kappa shape index (κ2) is 8.44. The molecule has 0 aliphatic rings. The van der Waals surface area contributed by atoms with Gasteiger partial charge in [-0.05, 0) is 53.9 Å². The van der Waals surface area contributed by atoms with Crippen molar-refractivity contribution in [3.05, 3.63) is 114 Å². The lowest BCUT2D eigenvalue weighted by molar-refractivity contribution is 0.102. The molecule has 1 N–H and O–H groups in total. The summed E-state index contributed by atoms with van der Waals surface area (Å²) >= 11 is 0. The fourth-order valence-corrected chi connectivity index (χ4v) is 3.09. The van der Waals surface area contributed by atoms with Crippen molar-refractivity contribution in [2.45, 2.75) is 6.92 Å². The predicted molar refractivity (Wildman–Crippen MR) is 118 cm³/mol. The lowest BCUT2D eigenvalue weighted by atomic mass is 10.0. The van der Waals surface area contributed by atoms with Crippen LogP contribution >= 0.6 is 0 Å². The molecule has 0 aromatic heterocycles. The van der Waals surface area contributed by atoms with Crippen molar-refractivity contribution < 1.29 is 9.53 Å². The maximum Gasteiger partial charge on any atom is 0.255 e. The Kier molecular flexibility index (Phi) is 5.39. The highest BCUT2D eigenvalue weighted by Crippen LogP contribution is 2.27. The van der Waals surface area contributed by atoms with E-state index in [1.54, 1.807) is 0 Å². The maximum atomic E-state index is 12.9. The molecule has 4 rings (SSSR count). The van der Waals surface area contributed by atoms with Gasteiger partial charge in [-0.2, -0.15) is 0 Å². The summed E-state index contributed by atoms with van der Waals surface area (Å²) in [4.78, 5) is 12.9. The second-order valence-corrected chi connectivity index (χ2v) is 6.79. The number of hydrogen-bond donors (Lipinski definition) is 1. The van der Waals surface area contributed by atoms with Crippen LogP contribution in [-0.4, -0.2) is 5.91 Å². The average Bonchev–Trinajstić information content (AvgIpc) is 2.77. The Morgan fingerprint density at radius 1 is 0.690 bits per heavy atom. The third-order valence-corrected chi connectivity index (χ3v) is 4.67. The first kappa shape index (κ1) is 18.5. The van der Waals surface area contributed by atoms with Gasteiger partial charge < -0.3 is 10.1 Å². The van der Waals surface area contributed by atoms with Gasteiger partial charge in [0.2, 0.25) is 0 Å². The summed E-state index contributed by atoms with van der Waals surface area (Å²) in [7, 11) is 0. The predicted octanol–water partition coefficient (Wildman–Crippen LogP) is 6.71. The molecule has 4 aromatic carbocycles. The molecule has 1 amide bonds. The molecule has 0 heterocycles. The number of para-hydroxylation sites is 1. The van der Waals surface area contributed by atoms with Crippen LogP contribution < -0.4 is 10.1 Å². The Labute approximate surface area is 170 Å². The fourth-order valence-electron chi connectivity index (χ4n) is 3.09. The van der Waals surface area contributed by atoms with E-state index in [2.05, 4.69) is 5.32 Å². The van der Waals surface area contributed by atoms with Gasteiger partial charge in [0.05, 0.1) is 0 Å². The van der Waals surface area contributed by atoms with Crippen molar-refractivity contribution in [2.75, 3.05) is 5.32 Å². The molecule has 0 unspecified atom stereocenters. The van der Waals surface area contributed by atoms with E-state index in [0.29, 0.717) is 11.3 Å². The molecular formula is C26H21NO2. The quantitative estimate of drug-likeness (QED) is 0.419. The van der Waals surface area contributed by atoms with Gasteiger partial charge in [-0.15, -0.1) is 0 Å². The molecule has 0 bridgehead atoms. The third kappa shape index (κ3) is 4.53. The van der Waals surface area contributed by atoms with E-state index in [4.69, 9.17) is 4.74 Å². The van der Waals surface area contributed by atoms with E-state index < -0.39 is 0 Å². The van der Waals surface area contributed by atoms with Gasteiger partial charge in [-0.1, -0.05) is 66.7 Å². The van der Waals surface area contributed by atoms with E-state index in [-0.39, 0.29) is 5.91 Å². The topological polar surface area (TPSA) is 38.3 Å². The third-order valence-electron chi connectivity index (χ3n) is 4.67. The highest BCUT2D eigenvalue weighted by molar-refractivity contribution is 6.05. The van der Waals surface area contributed by atoms with Gasteiger partial charge in [0.1, 0.15) is 11.5 Å². The fraction of sp³-hybridized carbons (Fsp3) is 0.0385. The van der Waals surface area contributed by atoms with Crippen LogP contribution in [0.25, 0.3) is 11.1 Å². The highest BCUT2D eigenvalue weighted by Gasteiger charge is 2.10. The van der Waals surface area contributed by atoms with Crippen molar-refractivity contribution in [2.24, 2.45) is 0 Å². The molecule has 0 aliphatic heterocycles. The lowest BCUT2D eigenvalue weighted by Gasteiger charge is -2.12. The van der Waals surface area contributed by atoms with Crippen LogP contribution in [0.1, 0.15) is 15.9 Å². The molecule has 0 spiro atoms. The van der Waals surface area contributed by atoms with E-state index in [9.17, 15) is 4.79 Å². The summed E-state index contributed by atoms with van der Waals surface area (Å²) in [5.74, 6) is 1.28. The standard InChI is InChI=1S/C26H21NO2/c1-19-15-16-24(29-23-13-6-3-7-14-23)18-25(19)27-26(28)22-12-8-11-21(17-22)20-9-4-2-5-10-20/h2-18H,1H3,(H,27,28). The smallest absolute Gasteiger partial charge is 0.255 e. The zero-order valence-electron chi connectivity index (χ0n) is 16.1. The summed E-state index contributed by atoms with van der Waals surface area (Å²) in [6, 6.07) is 32.9. The minimum atomic E-state index is -0.150. The number of hydrogen-bond acceptors (Lipinski definition) is 2. The minimum absolute atomic E-state index is 0.150. The Bertz CT molecular complexity index is 1120. The number of carbonyl (C=O) groups excluding carboxylic acids is 1. The molecule has 0 fully saturated rings. The molecule has 3 heteroatoms. The number of aryl methyl sites for hydroxylation is 1. The number of rotatable bonds is 5. The summed E-state index contributed by atoms with van der Waals surface area (Å²) in [6.45, 7) is 1.96. The molecule has 0 atom stereocenters. The van der Waals surface area contributed by atoms with E-state index in [0.717, 1.165) is 28.1 Å². The largest absolute Gasteiger partial charge is 0.457 e. The zero-order valence-corrected chi connectivity index (χ0v) is 16.1. The first-order chi connectivity index (χ1) is 14.2. The van der Waals surface area contributed by atoms with Crippen LogP contribution in [0, 0.1) is 6.92 Å². The van der Waals surface area contributed by atoms with Crippen LogP contribution in [0.3, 0.4) is 0 Å². The normalized spacial score (nSPS) is 10.4. The van der Waals surface area contributed by atoms with Gasteiger partial charge in [-0.3, -0.25) is 4.79 Å². The van der Waals surface area contributed by atoms with Crippen LogP contribution in [0.15, 0.2) is 103 Å². The Morgan fingerprint density at radius 2 is 1.38 bits per heavy atom. The van der Waals surface area contributed by atoms with Gasteiger partial charge in [-0.25, -0.2) is 0 Å². The Balaban J connectivity index is 1.55. The number of carbonyl (C=O) groups is 1. The number of benzene rings is 4. The summed E-state index contributed by atoms with van der Waals surface area (Å²) in [6.07, 6.45) is 0. The Morgan fingerprint density at radius 3 is 2.14 bits per heavy atom. The molecule has 0 radical (unpaired) electrons. The van der Waals surface area contributed by atoms with Crippen molar-refractivity contribution in [3.63, 3.8) is 0 Å². The van der Waals surface area contributed by atoms with Crippen molar-refractivity contribution in [3.8, 4) is 22.6 Å². The van der Waals surface area contributed by atoms with Crippen molar-refractivity contribution in [1.29, 1.82) is 0 Å². The van der Waals surface area contributed by atoms with E-state index >= 15 is 0 Å². The molecule has 0 aliphatic carbocycles. The molecular weight excluding hydrogens is 358 g/mol.